The van der Waals surface area contributed by atoms with Crippen LogP contribution in [0.2, 0.25) is 0 Å². The van der Waals surface area contributed by atoms with Gasteiger partial charge in [0.05, 0.1) is 26.4 Å². The lowest BCUT2D eigenvalue weighted by atomic mass is 10.1. The molecule has 0 aliphatic heterocycles. The summed E-state index contributed by atoms with van der Waals surface area (Å²) >= 11 is 0. The van der Waals surface area contributed by atoms with Gasteiger partial charge >= 0.3 is 5.97 Å². The second kappa shape index (κ2) is 8.21. The highest BCUT2D eigenvalue weighted by Gasteiger charge is 2.32. The molecule has 0 amide bonds. The zero-order chi connectivity index (χ0) is 16.7. The van der Waals surface area contributed by atoms with Crippen LogP contribution in [0.4, 0.5) is 0 Å². The minimum atomic E-state index is -1.34. The molecule has 2 N–H and O–H groups in total. The number of aromatic hydroxyl groups is 1. The fourth-order valence-corrected chi connectivity index (χ4v) is 1.96. The largest absolute Gasteiger partial charge is 0.503 e. The molecule has 0 spiro atoms. The molecule has 1 rings (SSSR count). The number of carboxylic acid groups (broad SMARTS) is 1. The first kappa shape index (κ1) is 17.7. The Morgan fingerprint density at radius 1 is 0.773 bits per heavy atom. The Balaban J connectivity index is 3.74. The topological polar surface area (TPSA) is 94.5 Å². The minimum absolute atomic E-state index is 0.0614. The molecule has 0 aromatic heterocycles. The third kappa shape index (κ3) is 3.47. The molecule has 0 unspecified atom stereocenters. The molecule has 124 valence electrons. The maximum atomic E-state index is 11.5. The number of rotatable bonds is 9. The molecule has 1 aromatic carbocycles. The summed E-state index contributed by atoms with van der Waals surface area (Å²) in [5, 5.41) is 19.7. The highest BCUT2D eigenvalue weighted by atomic mass is 16.6. The number of phenols is 1. The van der Waals surface area contributed by atoms with Crippen molar-refractivity contribution in [2.24, 2.45) is 0 Å². The first-order valence-corrected chi connectivity index (χ1v) is 7.20. The van der Waals surface area contributed by atoms with Crippen LogP contribution in [0.1, 0.15) is 38.1 Å². The second-order valence-corrected chi connectivity index (χ2v) is 4.08. The Bertz CT molecular complexity index is 525. The SMILES string of the molecule is CCOc1c(O)c(C(=O)O)c(OCC)c(OCC)c1OCC. The van der Waals surface area contributed by atoms with Crippen molar-refractivity contribution in [3.8, 4) is 28.7 Å². The van der Waals surface area contributed by atoms with Crippen LogP contribution in [0.3, 0.4) is 0 Å². The van der Waals surface area contributed by atoms with Gasteiger partial charge in [0.1, 0.15) is 0 Å². The van der Waals surface area contributed by atoms with Crippen LogP contribution in [0.5, 0.6) is 28.7 Å². The fourth-order valence-electron chi connectivity index (χ4n) is 1.96. The average Bonchev–Trinajstić information content (AvgIpc) is 2.47. The van der Waals surface area contributed by atoms with Crippen molar-refractivity contribution >= 4 is 5.97 Å². The van der Waals surface area contributed by atoms with E-state index in [0.29, 0.717) is 0 Å². The van der Waals surface area contributed by atoms with E-state index in [-0.39, 0.29) is 49.4 Å². The average molecular weight is 314 g/mol. The van der Waals surface area contributed by atoms with Crippen molar-refractivity contribution in [1.82, 2.24) is 0 Å². The van der Waals surface area contributed by atoms with Crippen molar-refractivity contribution in [2.45, 2.75) is 27.7 Å². The lowest BCUT2D eigenvalue weighted by Gasteiger charge is -2.21. The monoisotopic (exact) mass is 314 g/mol. The Hall–Kier alpha value is -2.31. The van der Waals surface area contributed by atoms with Crippen molar-refractivity contribution in [3.05, 3.63) is 5.56 Å². The number of carbonyl (C=O) groups is 1. The van der Waals surface area contributed by atoms with Gasteiger partial charge < -0.3 is 29.2 Å². The summed E-state index contributed by atoms with van der Waals surface area (Å²) in [5.41, 5.74) is -0.405. The van der Waals surface area contributed by atoms with Gasteiger partial charge in [-0.25, -0.2) is 4.79 Å². The van der Waals surface area contributed by atoms with E-state index in [1.807, 2.05) is 0 Å². The molecule has 0 fully saturated rings. The molecule has 0 heterocycles. The van der Waals surface area contributed by atoms with E-state index in [0.717, 1.165) is 0 Å². The summed E-state index contributed by atoms with van der Waals surface area (Å²) < 4.78 is 21.7. The van der Waals surface area contributed by atoms with E-state index in [1.54, 1.807) is 27.7 Å². The predicted molar refractivity (Wildman–Crippen MR) is 79.7 cm³/mol. The van der Waals surface area contributed by atoms with Crippen molar-refractivity contribution in [2.75, 3.05) is 26.4 Å². The van der Waals surface area contributed by atoms with Crippen LogP contribution in [0.15, 0.2) is 0 Å². The van der Waals surface area contributed by atoms with Gasteiger partial charge in [0.2, 0.25) is 17.2 Å². The van der Waals surface area contributed by atoms with Crippen LogP contribution in [0.25, 0.3) is 0 Å². The van der Waals surface area contributed by atoms with Crippen molar-refractivity contribution in [3.63, 3.8) is 0 Å². The first-order valence-electron chi connectivity index (χ1n) is 7.20. The fraction of sp³-hybridized carbons (Fsp3) is 0.533. The zero-order valence-corrected chi connectivity index (χ0v) is 13.3. The van der Waals surface area contributed by atoms with Gasteiger partial charge in [0, 0.05) is 0 Å². The maximum absolute atomic E-state index is 11.5. The maximum Gasteiger partial charge on any atom is 0.343 e. The standard InChI is InChI=1S/C15H22O7/c1-5-19-11-9(15(17)18)10(16)12(20-6-2)14(22-8-4)13(11)21-7-3/h16H,5-8H2,1-4H3,(H,17,18). The Morgan fingerprint density at radius 2 is 1.14 bits per heavy atom. The van der Waals surface area contributed by atoms with Gasteiger partial charge in [-0.2, -0.15) is 0 Å². The highest BCUT2D eigenvalue weighted by molar-refractivity contribution is 5.97. The molecule has 7 heteroatoms. The van der Waals surface area contributed by atoms with E-state index in [1.165, 1.54) is 0 Å². The lowest BCUT2D eigenvalue weighted by Crippen LogP contribution is -2.10. The first-order chi connectivity index (χ1) is 10.5. The second-order valence-electron chi connectivity index (χ2n) is 4.08. The summed E-state index contributed by atoms with van der Waals surface area (Å²) in [5.74, 6) is -1.76. The molecule has 0 saturated carbocycles. The highest BCUT2D eigenvalue weighted by Crippen LogP contribution is 2.53. The van der Waals surface area contributed by atoms with Crippen LogP contribution in [-0.4, -0.2) is 42.6 Å². The van der Waals surface area contributed by atoms with E-state index in [4.69, 9.17) is 18.9 Å². The van der Waals surface area contributed by atoms with Crippen LogP contribution < -0.4 is 18.9 Å². The molecule has 0 bridgehead atoms. The van der Waals surface area contributed by atoms with Crippen LogP contribution in [-0.2, 0) is 0 Å². The van der Waals surface area contributed by atoms with Gasteiger partial charge in [-0.3, -0.25) is 0 Å². The Labute approximate surface area is 129 Å². The normalized spacial score (nSPS) is 10.2. The summed E-state index contributed by atoms with van der Waals surface area (Å²) in [6.07, 6.45) is 0. The van der Waals surface area contributed by atoms with Crippen LogP contribution >= 0.6 is 0 Å². The van der Waals surface area contributed by atoms with Crippen molar-refractivity contribution < 1.29 is 34.0 Å². The van der Waals surface area contributed by atoms with Crippen LogP contribution in [0, 0.1) is 0 Å². The molecule has 0 atom stereocenters. The van der Waals surface area contributed by atoms with Gasteiger partial charge in [-0.15, -0.1) is 0 Å². The summed E-state index contributed by atoms with van der Waals surface area (Å²) in [4.78, 5) is 11.5. The van der Waals surface area contributed by atoms with Gasteiger partial charge in [-0.1, -0.05) is 0 Å². The summed E-state index contributed by atoms with van der Waals surface area (Å²) in [6, 6.07) is 0. The molecular weight excluding hydrogens is 292 g/mol. The number of hydrogen-bond donors (Lipinski definition) is 2. The zero-order valence-electron chi connectivity index (χ0n) is 13.3. The molecule has 0 radical (unpaired) electrons. The number of ether oxygens (including phenoxy) is 4. The smallest absolute Gasteiger partial charge is 0.343 e. The third-order valence-electron chi connectivity index (χ3n) is 2.67. The lowest BCUT2D eigenvalue weighted by molar-refractivity contribution is 0.0686. The van der Waals surface area contributed by atoms with E-state index in [2.05, 4.69) is 0 Å². The Kier molecular flexibility index (Phi) is 6.62. The minimum Gasteiger partial charge on any atom is -0.503 e. The number of carboxylic acids is 1. The predicted octanol–water partition coefficient (Wildman–Crippen LogP) is 2.69. The third-order valence-corrected chi connectivity index (χ3v) is 2.67. The van der Waals surface area contributed by atoms with Gasteiger partial charge in [-0.05, 0) is 27.7 Å². The van der Waals surface area contributed by atoms with E-state index >= 15 is 0 Å². The summed E-state index contributed by atoms with van der Waals surface area (Å²) in [7, 11) is 0. The molecule has 0 saturated heterocycles. The Morgan fingerprint density at radius 3 is 1.55 bits per heavy atom. The molecule has 1 aromatic rings. The molecular formula is C15H22O7. The van der Waals surface area contributed by atoms with E-state index in [9.17, 15) is 15.0 Å². The summed E-state index contributed by atoms with van der Waals surface area (Å²) in [6.45, 7) is 7.92. The molecule has 22 heavy (non-hydrogen) atoms. The van der Waals surface area contributed by atoms with Crippen molar-refractivity contribution in [1.29, 1.82) is 0 Å². The number of hydrogen-bond acceptors (Lipinski definition) is 6. The molecule has 7 nitrogen and oxygen atoms in total. The van der Waals surface area contributed by atoms with Gasteiger partial charge in [0.25, 0.3) is 0 Å². The quantitative estimate of drug-likeness (QED) is 0.723. The van der Waals surface area contributed by atoms with Gasteiger partial charge in [0.15, 0.2) is 17.1 Å². The van der Waals surface area contributed by atoms with E-state index < -0.39 is 17.3 Å². The molecule has 0 aliphatic rings. The number of benzene rings is 1. The molecule has 0 aliphatic carbocycles. The number of aromatic carboxylic acids is 1.